The SMILES string of the molecule is CC1CN(C(=O)COc2cccc(Cl)c2)CC(CO)O1. The third-order valence-electron chi connectivity index (χ3n) is 3.04. The van der Waals surface area contributed by atoms with Gasteiger partial charge in [-0.3, -0.25) is 4.79 Å². The fourth-order valence-corrected chi connectivity index (χ4v) is 2.32. The Kier molecular flexibility index (Phi) is 5.23. The van der Waals surface area contributed by atoms with Crippen molar-refractivity contribution in [2.75, 3.05) is 26.3 Å². The molecule has 110 valence electrons. The van der Waals surface area contributed by atoms with Gasteiger partial charge in [-0.1, -0.05) is 17.7 Å². The van der Waals surface area contributed by atoms with Gasteiger partial charge < -0.3 is 19.5 Å². The monoisotopic (exact) mass is 299 g/mol. The number of hydrogen-bond acceptors (Lipinski definition) is 4. The van der Waals surface area contributed by atoms with Gasteiger partial charge in [-0.2, -0.15) is 0 Å². The number of nitrogens with zero attached hydrogens (tertiary/aromatic N) is 1. The third kappa shape index (κ3) is 4.10. The second-order valence-corrected chi connectivity index (χ2v) is 5.23. The van der Waals surface area contributed by atoms with Crippen molar-refractivity contribution in [1.82, 2.24) is 4.90 Å². The van der Waals surface area contributed by atoms with Crippen molar-refractivity contribution in [2.45, 2.75) is 19.1 Å². The van der Waals surface area contributed by atoms with Crippen LogP contribution < -0.4 is 4.74 Å². The normalized spacial score (nSPS) is 22.6. The molecular formula is C14H18ClNO4. The van der Waals surface area contributed by atoms with E-state index in [4.69, 9.17) is 26.2 Å². The van der Waals surface area contributed by atoms with Crippen LogP contribution in [0.4, 0.5) is 0 Å². The van der Waals surface area contributed by atoms with Crippen molar-refractivity contribution in [3.63, 3.8) is 0 Å². The fraction of sp³-hybridized carbons (Fsp3) is 0.500. The molecule has 6 heteroatoms. The molecule has 0 bridgehead atoms. The first-order valence-corrected chi connectivity index (χ1v) is 6.88. The van der Waals surface area contributed by atoms with Crippen LogP contribution in [0.2, 0.25) is 5.02 Å². The molecule has 0 saturated carbocycles. The Labute approximate surface area is 123 Å². The summed E-state index contributed by atoms with van der Waals surface area (Å²) in [4.78, 5) is 13.7. The second kappa shape index (κ2) is 6.92. The Morgan fingerprint density at radius 2 is 2.35 bits per heavy atom. The predicted octanol–water partition coefficient (Wildman–Crippen LogP) is 1.33. The minimum absolute atomic E-state index is 0.0504. The smallest absolute Gasteiger partial charge is 0.260 e. The van der Waals surface area contributed by atoms with E-state index in [-0.39, 0.29) is 31.3 Å². The van der Waals surface area contributed by atoms with Crippen LogP contribution in [0.5, 0.6) is 5.75 Å². The van der Waals surface area contributed by atoms with Crippen LogP contribution in [0, 0.1) is 0 Å². The molecule has 1 amide bonds. The van der Waals surface area contributed by atoms with E-state index >= 15 is 0 Å². The summed E-state index contributed by atoms with van der Waals surface area (Å²) in [6.07, 6.45) is -0.412. The minimum atomic E-state index is -0.325. The molecule has 1 aliphatic rings. The average molecular weight is 300 g/mol. The minimum Gasteiger partial charge on any atom is -0.484 e. The molecule has 2 unspecified atom stereocenters. The lowest BCUT2D eigenvalue weighted by Crippen LogP contribution is -2.51. The van der Waals surface area contributed by atoms with Gasteiger partial charge in [0.25, 0.3) is 5.91 Å². The molecular weight excluding hydrogens is 282 g/mol. The van der Waals surface area contributed by atoms with E-state index in [9.17, 15) is 4.79 Å². The molecule has 1 saturated heterocycles. The van der Waals surface area contributed by atoms with Gasteiger partial charge in [0.2, 0.25) is 0 Å². The second-order valence-electron chi connectivity index (χ2n) is 4.80. The van der Waals surface area contributed by atoms with Crippen LogP contribution in [-0.2, 0) is 9.53 Å². The number of carbonyl (C=O) groups is 1. The largest absolute Gasteiger partial charge is 0.484 e. The summed E-state index contributed by atoms with van der Waals surface area (Å²) in [6.45, 7) is 2.63. The molecule has 1 N–H and O–H groups in total. The van der Waals surface area contributed by atoms with E-state index < -0.39 is 0 Å². The highest BCUT2D eigenvalue weighted by atomic mass is 35.5. The first-order chi connectivity index (χ1) is 9.58. The number of ether oxygens (including phenoxy) is 2. The van der Waals surface area contributed by atoms with Gasteiger partial charge in [0.05, 0.1) is 18.8 Å². The highest BCUT2D eigenvalue weighted by molar-refractivity contribution is 6.30. The van der Waals surface area contributed by atoms with Crippen molar-refractivity contribution in [3.8, 4) is 5.75 Å². The van der Waals surface area contributed by atoms with Gasteiger partial charge in [0, 0.05) is 18.1 Å². The lowest BCUT2D eigenvalue weighted by atomic mass is 10.2. The average Bonchev–Trinajstić information content (AvgIpc) is 2.44. The lowest BCUT2D eigenvalue weighted by Gasteiger charge is -2.36. The van der Waals surface area contributed by atoms with E-state index in [1.54, 1.807) is 29.2 Å². The van der Waals surface area contributed by atoms with Crippen molar-refractivity contribution in [1.29, 1.82) is 0 Å². The number of morpholine rings is 1. The molecule has 0 aromatic heterocycles. The molecule has 1 aromatic carbocycles. The Bertz CT molecular complexity index is 468. The molecule has 2 rings (SSSR count). The number of carbonyl (C=O) groups excluding carboxylic acids is 1. The van der Waals surface area contributed by atoms with Crippen molar-refractivity contribution in [2.24, 2.45) is 0 Å². The highest BCUT2D eigenvalue weighted by Crippen LogP contribution is 2.17. The van der Waals surface area contributed by atoms with Crippen LogP contribution in [-0.4, -0.2) is 54.4 Å². The van der Waals surface area contributed by atoms with Crippen LogP contribution in [0.1, 0.15) is 6.92 Å². The van der Waals surface area contributed by atoms with E-state index in [0.717, 1.165) is 0 Å². The van der Waals surface area contributed by atoms with Crippen LogP contribution in [0.15, 0.2) is 24.3 Å². The van der Waals surface area contributed by atoms with E-state index in [1.165, 1.54) is 0 Å². The highest BCUT2D eigenvalue weighted by Gasteiger charge is 2.28. The van der Waals surface area contributed by atoms with E-state index in [0.29, 0.717) is 23.9 Å². The zero-order chi connectivity index (χ0) is 14.5. The first kappa shape index (κ1) is 15.1. The summed E-state index contributed by atoms with van der Waals surface area (Å²) >= 11 is 5.85. The quantitative estimate of drug-likeness (QED) is 0.911. The zero-order valence-corrected chi connectivity index (χ0v) is 12.0. The van der Waals surface area contributed by atoms with Crippen LogP contribution in [0.25, 0.3) is 0 Å². The summed E-state index contributed by atoms with van der Waals surface area (Å²) in [7, 11) is 0. The molecule has 2 atom stereocenters. The van der Waals surface area contributed by atoms with Gasteiger partial charge in [0.15, 0.2) is 6.61 Å². The summed E-state index contributed by atoms with van der Waals surface area (Å²) in [5, 5.41) is 9.70. The fourth-order valence-electron chi connectivity index (χ4n) is 2.14. The molecule has 0 radical (unpaired) electrons. The Morgan fingerprint density at radius 3 is 3.05 bits per heavy atom. The Hall–Kier alpha value is -1.30. The number of aliphatic hydroxyl groups is 1. The number of rotatable bonds is 4. The number of hydrogen-bond donors (Lipinski definition) is 1. The Balaban J connectivity index is 1.88. The number of amides is 1. The molecule has 0 aliphatic carbocycles. The van der Waals surface area contributed by atoms with Crippen LogP contribution in [0.3, 0.4) is 0 Å². The third-order valence-corrected chi connectivity index (χ3v) is 3.28. The van der Waals surface area contributed by atoms with Crippen molar-refractivity contribution >= 4 is 17.5 Å². The van der Waals surface area contributed by atoms with Crippen LogP contribution >= 0.6 is 11.6 Å². The molecule has 0 spiro atoms. The summed E-state index contributed by atoms with van der Waals surface area (Å²) in [5.74, 6) is 0.435. The molecule has 1 aromatic rings. The van der Waals surface area contributed by atoms with E-state index in [2.05, 4.69) is 0 Å². The standard InChI is InChI=1S/C14H18ClNO4/c1-10-6-16(7-13(8-17)20-10)14(18)9-19-12-4-2-3-11(15)5-12/h2-5,10,13,17H,6-9H2,1H3. The summed E-state index contributed by atoms with van der Waals surface area (Å²) in [6, 6.07) is 6.91. The topological polar surface area (TPSA) is 59.0 Å². The number of benzene rings is 1. The summed E-state index contributed by atoms with van der Waals surface area (Å²) < 4.78 is 10.9. The van der Waals surface area contributed by atoms with Gasteiger partial charge in [-0.15, -0.1) is 0 Å². The first-order valence-electron chi connectivity index (χ1n) is 6.51. The van der Waals surface area contributed by atoms with Gasteiger partial charge in [-0.05, 0) is 25.1 Å². The maximum Gasteiger partial charge on any atom is 0.260 e. The zero-order valence-electron chi connectivity index (χ0n) is 11.3. The van der Waals surface area contributed by atoms with Gasteiger partial charge in [-0.25, -0.2) is 0 Å². The van der Waals surface area contributed by atoms with E-state index in [1.807, 2.05) is 6.92 Å². The summed E-state index contributed by atoms with van der Waals surface area (Å²) in [5.41, 5.74) is 0. The molecule has 1 aliphatic heterocycles. The Morgan fingerprint density at radius 1 is 1.55 bits per heavy atom. The number of aliphatic hydroxyl groups excluding tert-OH is 1. The maximum atomic E-state index is 12.1. The van der Waals surface area contributed by atoms with Crippen molar-refractivity contribution in [3.05, 3.63) is 29.3 Å². The van der Waals surface area contributed by atoms with Gasteiger partial charge in [0.1, 0.15) is 5.75 Å². The lowest BCUT2D eigenvalue weighted by molar-refractivity contribution is -0.149. The predicted molar refractivity (Wildman–Crippen MR) is 74.9 cm³/mol. The molecule has 1 heterocycles. The maximum absolute atomic E-state index is 12.1. The molecule has 5 nitrogen and oxygen atoms in total. The van der Waals surface area contributed by atoms with Gasteiger partial charge >= 0.3 is 0 Å². The molecule has 20 heavy (non-hydrogen) atoms. The molecule has 1 fully saturated rings. The van der Waals surface area contributed by atoms with Crippen molar-refractivity contribution < 1.29 is 19.4 Å². The number of halogens is 1.